The van der Waals surface area contributed by atoms with E-state index in [1.807, 2.05) is 0 Å². The Hall–Kier alpha value is 0.440. The van der Waals surface area contributed by atoms with E-state index in [9.17, 15) is 0 Å². The van der Waals surface area contributed by atoms with E-state index >= 15 is 0 Å². The average Bonchev–Trinajstić information content (AvgIpc) is 1.87. The summed E-state index contributed by atoms with van der Waals surface area (Å²) in [4.78, 5) is 0. The highest BCUT2D eigenvalue weighted by Crippen LogP contribution is 2.38. The second-order valence-corrected chi connectivity index (χ2v) is 5.19. The van der Waals surface area contributed by atoms with Gasteiger partial charge in [0.25, 0.3) is 0 Å². The number of aliphatic hydroxyl groups is 1. The minimum atomic E-state index is 0.113. The van der Waals surface area contributed by atoms with Crippen LogP contribution in [-0.4, -0.2) is 16.0 Å². The first-order valence-electron chi connectivity index (χ1n) is 4.25. The smallest absolute Gasteiger partial charge is 0.0444 e. The minimum absolute atomic E-state index is 0.113. The molecule has 11 heavy (non-hydrogen) atoms. The lowest BCUT2D eigenvalue weighted by Gasteiger charge is -2.35. The van der Waals surface area contributed by atoms with Gasteiger partial charge in [0, 0.05) is 10.9 Å². The molecule has 0 fully saturated rings. The van der Waals surface area contributed by atoms with Crippen LogP contribution in [0.5, 0.6) is 0 Å². The zero-order valence-electron chi connectivity index (χ0n) is 7.89. The molecule has 0 aliphatic carbocycles. The van der Waals surface area contributed by atoms with Crippen molar-refractivity contribution in [2.24, 2.45) is 11.8 Å². The largest absolute Gasteiger partial charge is 0.396 e. The highest BCUT2D eigenvalue weighted by molar-refractivity contribution is 9.10. The Morgan fingerprint density at radius 1 is 1.18 bits per heavy atom. The molecule has 0 aliphatic rings. The van der Waals surface area contributed by atoms with Crippen LogP contribution >= 0.6 is 15.9 Å². The Bertz CT molecular complexity index is 102. The molecule has 0 bridgehead atoms. The van der Waals surface area contributed by atoms with Crippen LogP contribution in [0, 0.1) is 11.8 Å². The standard InChI is InChI=1S/C9H19BrO/c1-7(2)9(10,5-6-11)8(3)4/h7-8,11H,5-6H2,1-4H3. The molecule has 0 rings (SSSR count). The van der Waals surface area contributed by atoms with Crippen LogP contribution < -0.4 is 0 Å². The summed E-state index contributed by atoms with van der Waals surface area (Å²) in [7, 11) is 0. The fourth-order valence-corrected chi connectivity index (χ4v) is 1.59. The highest BCUT2D eigenvalue weighted by atomic mass is 79.9. The van der Waals surface area contributed by atoms with Crippen molar-refractivity contribution in [3.8, 4) is 0 Å². The second-order valence-electron chi connectivity index (χ2n) is 3.71. The van der Waals surface area contributed by atoms with E-state index in [4.69, 9.17) is 5.11 Å². The summed E-state index contributed by atoms with van der Waals surface area (Å²) in [5.41, 5.74) is 0. The zero-order chi connectivity index (χ0) is 9.07. The molecule has 0 saturated carbocycles. The fourth-order valence-electron chi connectivity index (χ4n) is 1.42. The van der Waals surface area contributed by atoms with E-state index in [2.05, 4.69) is 43.6 Å². The Morgan fingerprint density at radius 3 is 1.64 bits per heavy atom. The van der Waals surface area contributed by atoms with Crippen LogP contribution in [0.25, 0.3) is 0 Å². The summed E-state index contributed by atoms with van der Waals surface area (Å²) in [6.07, 6.45) is 0.836. The second kappa shape index (κ2) is 4.46. The third kappa shape index (κ3) is 2.75. The molecule has 0 atom stereocenters. The summed E-state index contributed by atoms with van der Waals surface area (Å²) >= 11 is 3.71. The van der Waals surface area contributed by atoms with Gasteiger partial charge in [-0.3, -0.25) is 0 Å². The van der Waals surface area contributed by atoms with E-state index in [1.165, 1.54) is 0 Å². The lowest BCUT2D eigenvalue weighted by molar-refractivity contribution is 0.224. The number of halogens is 1. The van der Waals surface area contributed by atoms with Crippen LogP contribution in [0.2, 0.25) is 0 Å². The Balaban J connectivity index is 4.26. The van der Waals surface area contributed by atoms with Gasteiger partial charge in [-0.25, -0.2) is 0 Å². The molecular weight excluding hydrogens is 204 g/mol. The number of hydrogen-bond acceptors (Lipinski definition) is 1. The van der Waals surface area contributed by atoms with Gasteiger partial charge in [0.15, 0.2) is 0 Å². The first kappa shape index (κ1) is 11.4. The van der Waals surface area contributed by atoms with E-state index in [0.29, 0.717) is 11.8 Å². The number of aliphatic hydroxyl groups excluding tert-OH is 1. The molecule has 0 aromatic carbocycles. The summed E-state index contributed by atoms with van der Waals surface area (Å²) in [6.45, 7) is 9.01. The monoisotopic (exact) mass is 222 g/mol. The van der Waals surface area contributed by atoms with Crippen molar-refractivity contribution in [1.29, 1.82) is 0 Å². The van der Waals surface area contributed by atoms with Crippen molar-refractivity contribution < 1.29 is 5.11 Å². The molecule has 0 saturated heterocycles. The number of alkyl halides is 1. The van der Waals surface area contributed by atoms with Gasteiger partial charge >= 0.3 is 0 Å². The number of rotatable bonds is 4. The predicted octanol–water partition coefficient (Wildman–Crippen LogP) is 2.81. The van der Waals surface area contributed by atoms with Gasteiger partial charge in [-0.15, -0.1) is 0 Å². The molecule has 0 aromatic rings. The van der Waals surface area contributed by atoms with Gasteiger partial charge in [0.05, 0.1) is 0 Å². The molecule has 0 amide bonds. The van der Waals surface area contributed by atoms with Crippen LogP contribution in [-0.2, 0) is 0 Å². The average molecular weight is 223 g/mol. The lowest BCUT2D eigenvalue weighted by atomic mass is 9.83. The van der Waals surface area contributed by atoms with Crippen LogP contribution in [0.3, 0.4) is 0 Å². The van der Waals surface area contributed by atoms with Crippen molar-refractivity contribution in [1.82, 2.24) is 0 Å². The van der Waals surface area contributed by atoms with E-state index in [-0.39, 0.29) is 10.9 Å². The van der Waals surface area contributed by atoms with E-state index in [1.54, 1.807) is 0 Å². The Kier molecular flexibility index (Phi) is 4.64. The van der Waals surface area contributed by atoms with Crippen molar-refractivity contribution in [3.63, 3.8) is 0 Å². The first-order valence-corrected chi connectivity index (χ1v) is 5.04. The third-order valence-electron chi connectivity index (χ3n) is 2.41. The molecule has 0 unspecified atom stereocenters. The molecule has 1 nitrogen and oxygen atoms in total. The van der Waals surface area contributed by atoms with Gasteiger partial charge in [0.2, 0.25) is 0 Å². The maximum absolute atomic E-state index is 8.87. The minimum Gasteiger partial charge on any atom is -0.396 e. The van der Waals surface area contributed by atoms with Crippen molar-refractivity contribution in [2.75, 3.05) is 6.61 Å². The summed E-state index contributed by atoms with van der Waals surface area (Å²) in [6, 6.07) is 0. The van der Waals surface area contributed by atoms with Crippen LogP contribution in [0.4, 0.5) is 0 Å². The predicted molar refractivity (Wildman–Crippen MR) is 53.0 cm³/mol. The molecule has 0 heterocycles. The molecule has 68 valence electrons. The van der Waals surface area contributed by atoms with Gasteiger partial charge < -0.3 is 5.11 Å². The summed E-state index contributed by atoms with van der Waals surface area (Å²) < 4.78 is 0.113. The summed E-state index contributed by atoms with van der Waals surface area (Å²) in [5.74, 6) is 1.13. The molecule has 0 spiro atoms. The Labute approximate surface area is 78.3 Å². The van der Waals surface area contributed by atoms with Gasteiger partial charge in [-0.05, 0) is 18.3 Å². The van der Waals surface area contributed by atoms with Crippen molar-refractivity contribution in [2.45, 2.75) is 38.4 Å². The molecule has 2 heteroatoms. The topological polar surface area (TPSA) is 20.2 Å². The molecular formula is C9H19BrO. The molecule has 1 N–H and O–H groups in total. The van der Waals surface area contributed by atoms with Gasteiger partial charge in [0.1, 0.15) is 0 Å². The van der Waals surface area contributed by atoms with Crippen LogP contribution in [0.15, 0.2) is 0 Å². The quantitative estimate of drug-likeness (QED) is 0.726. The lowest BCUT2D eigenvalue weighted by Crippen LogP contribution is -2.34. The number of hydrogen-bond donors (Lipinski definition) is 1. The van der Waals surface area contributed by atoms with Crippen molar-refractivity contribution in [3.05, 3.63) is 0 Å². The molecule has 0 aromatic heterocycles. The Morgan fingerprint density at radius 2 is 1.55 bits per heavy atom. The van der Waals surface area contributed by atoms with Crippen molar-refractivity contribution >= 4 is 15.9 Å². The SMILES string of the molecule is CC(C)C(Br)(CCO)C(C)C. The fraction of sp³-hybridized carbons (Fsp3) is 1.00. The molecule has 0 aliphatic heterocycles. The highest BCUT2D eigenvalue weighted by Gasteiger charge is 2.33. The van der Waals surface area contributed by atoms with Gasteiger partial charge in [-0.1, -0.05) is 43.6 Å². The maximum atomic E-state index is 8.87. The molecule has 0 radical (unpaired) electrons. The van der Waals surface area contributed by atoms with E-state index in [0.717, 1.165) is 6.42 Å². The van der Waals surface area contributed by atoms with Gasteiger partial charge in [-0.2, -0.15) is 0 Å². The summed E-state index contributed by atoms with van der Waals surface area (Å²) in [5, 5.41) is 8.87. The zero-order valence-corrected chi connectivity index (χ0v) is 9.48. The normalized spacial score (nSPS) is 13.1. The first-order chi connectivity index (χ1) is 4.95. The van der Waals surface area contributed by atoms with Crippen LogP contribution in [0.1, 0.15) is 34.1 Å². The maximum Gasteiger partial charge on any atom is 0.0444 e. The van der Waals surface area contributed by atoms with E-state index < -0.39 is 0 Å². The third-order valence-corrected chi connectivity index (χ3v) is 4.64.